The van der Waals surface area contributed by atoms with E-state index in [0.29, 0.717) is 0 Å². The summed E-state index contributed by atoms with van der Waals surface area (Å²) in [6, 6.07) is 0. The van der Waals surface area contributed by atoms with E-state index in [9.17, 15) is 17.8 Å². The van der Waals surface area contributed by atoms with Crippen LogP contribution in [0, 0.1) is 0 Å². The average Bonchev–Trinajstić information content (AvgIpc) is 1.97. The van der Waals surface area contributed by atoms with Crippen LogP contribution in [0.5, 0.6) is 0 Å². The second kappa shape index (κ2) is 6.21. The predicted molar refractivity (Wildman–Crippen MR) is 42.1 cm³/mol. The molecule has 5 nitrogen and oxygen atoms in total. The van der Waals surface area contributed by atoms with Gasteiger partial charge in [-0.3, -0.25) is 4.79 Å². The molecule has 0 aliphatic carbocycles. The molecule has 0 radical (unpaired) electrons. The Labute approximate surface area is 89.5 Å². The molecule has 1 amide bonds. The molecule has 1 atom stereocenters. The largest absolute Gasteiger partial charge is 1.00 e. The van der Waals surface area contributed by atoms with Gasteiger partial charge in [0.05, 0.1) is 0 Å². The maximum absolute atomic E-state index is 10.6. The summed E-state index contributed by atoms with van der Waals surface area (Å²) in [5, 5.41) is 0.641. The van der Waals surface area contributed by atoms with Gasteiger partial charge in [-0.05, 0) is 12.5 Å². The molecule has 13 heavy (non-hydrogen) atoms. The number of rotatable bonds is 4. The van der Waals surface area contributed by atoms with Crippen molar-refractivity contribution in [3.63, 3.8) is 0 Å². The fraction of sp³-hybridized carbons (Fsp3) is 0.500. The van der Waals surface area contributed by atoms with Crippen LogP contribution in [0.3, 0.4) is 0 Å². The van der Waals surface area contributed by atoms with Crippen molar-refractivity contribution < 1.29 is 36.6 Å². The Kier molecular flexibility index (Phi) is 7.27. The second-order valence-electron chi connectivity index (χ2n) is 2.10. The van der Waals surface area contributed by atoms with Crippen molar-refractivity contribution in [2.45, 2.75) is 18.7 Å². The fourth-order valence-corrected chi connectivity index (χ4v) is 1.26. The second-order valence-corrected chi connectivity index (χ2v) is 3.66. The van der Waals surface area contributed by atoms with E-state index in [0.717, 1.165) is 6.08 Å². The Balaban J connectivity index is 0. The smallest absolute Gasteiger partial charge is 0.746 e. The zero-order valence-corrected chi connectivity index (χ0v) is 8.43. The van der Waals surface area contributed by atoms with Crippen molar-refractivity contribution >= 4 is 16.0 Å². The maximum Gasteiger partial charge on any atom is 1.00 e. The molecule has 0 spiro atoms. The van der Waals surface area contributed by atoms with Crippen molar-refractivity contribution in [2.75, 3.05) is 0 Å². The SMILES string of the molecule is C=CC(=O)NC(CC)S(=O)(=O)[O-].[Li+]. The minimum absolute atomic E-state index is 0. The standard InChI is InChI=1S/C6H11NO4S.Li/c1-3-5(8)7-6(4-2)12(9,10)11;/h3,6H,1,4H2,2H3,(H,7,8)(H,9,10,11);/q;+1/p-1. The third-order valence-corrected chi connectivity index (χ3v) is 2.36. The van der Waals surface area contributed by atoms with Crippen LogP contribution in [0.2, 0.25) is 0 Å². The topological polar surface area (TPSA) is 86.3 Å². The van der Waals surface area contributed by atoms with Gasteiger partial charge >= 0.3 is 18.9 Å². The van der Waals surface area contributed by atoms with Gasteiger partial charge in [0.2, 0.25) is 5.91 Å². The van der Waals surface area contributed by atoms with Crippen LogP contribution in [0.15, 0.2) is 12.7 Å². The molecular weight excluding hydrogens is 189 g/mol. The van der Waals surface area contributed by atoms with Crippen LogP contribution < -0.4 is 24.2 Å². The average molecular weight is 199 g/mol. The summed E-state index contributed by atoms with van der Waals surface area (Å²) in [6.07, 6.45) is 0.958. The van der Waals surface area contributed by atoms with Gasteiger partial charge in [0.1, 0.15) is 15.5 Å². The Bertz CT molecular complexity index is 274. The summed E-state index contributed by atoms with van der Waals surface area (Å²) in [5.74, 6) is -0.665. The number of amides is 1. The maximum atomic E-state index is 10.6. The van der Waals surface area contributed by atoms with Gasteiger partial charge in [-0.1, -0.05) is 13.5 Å². The van der Waals surface area contributed by atoms with E-state index in [1.54, 1.807) is 0 Å². The molecule has 70 valence electrons. The Morgan fingerprint density at radius 1 is 1.69 bits per heavy atom. The molecule has 0 saturated heterocycles. The monoisotopic (exact) mass is 199 g/mol. The van der Waals surface area contributed by atoms with E-state index in [4.69, 9.17) is 0 Å². The molecular formula is C6H10LiNO4S. The summed E-state index contributed by atoms with van der Waals surface area (Å²) >= 11 is 0. The van der Waals surface area contributed by atoms with Gasteiger partial charge in [0.15, 0.2) is 0 Å². The molecule has 0 aromatic rings. The first kappa shape index (κ1) is 15.2. The summed E-state index contributed by atoms with van der Waals surface area (Å²) in [4.78, 5) is 10.6. The van der Waals surface area contributed by atoms with Crippen LogP contribution >= 0.6 is 0 Å². The normalized spacial score (nSPS) is 12.5. The minimum atomic E-state index is -4.45. The molecule has 0 fully saturated rings. The van der Waals surface area contributed by atoms with Crippen LogP contribution in [-0.4, -0.2) is 24.3 Å². The van der Waals surface area contributed by atoms with Crippen molar-refractivity contribution in [3.8, 4) is 0 Å². The molecule has 0 aromatic carbocycles. The first-order valence-corrected chi connectivity index (χ1v) is 4.76. The predicted octanol–water partition coefficient (Wildman–Crippen LogP) is -3.43. The fourth-order valence-electron chi connectivity index (χ4n) is 0.596. The van der Waals surface area contributed by atoms with Crippen LogP contribution in [0.25, 0.3) is 0 Å². The van der Waals surface area contributed by atoms with Gasteiger partial charge < -0.3 is 9.87 Å². The number of hydrogen-bond donors (Lipinski definition) is 1. The zero-order chi connectivity index (χ0) is 9.78. The van der Waals surface area contributed by atoms with Crippen molar-refractivity contribution in [1.29, 1.82) is 0 Å². The summed E-state index contributed by atoms with van der Waals surface area (Å²) in [5.41, 5.74) is 0. The Morgan fingerprint density at radius 3 is 2.38 bits per heavy atom. The first-order chi connectivity index (χ1) is 5.41. The molecule has 0 aliphatic rings. The molecule has 0 aliphatic heterocycles. The third kappa shape index (κ3) is 5.88. The molecule has 0 heterocycles. The van der Waals surface area contributed by atoms with Crippen LogP contribution in [0.1, 0.15) is 13.3 Å². The number of hydrogen-bond acceptors (Lipinski definition) is 4. The third-order valence-electron chi connectivity index (χ3n) is 1.21. The van der Waals surface area contributed by atoms with E-state index in [2.05, 4.69) is 6.58 Å². The van der Waals surface area contributed by atoms with Crippen LogP contribution in [-0.2, 0) is 14.9 Å². The van der Waals surface area contributed by atoms with E-state index < -0.39 is 21.4 Å². The van der Waals surface area contributed by atoms with Gasteiger partial charge in [0.25, 0.3) is 0 Å². The van der Waals surface area contributed by atoms with Gasteiger partial charge in [-0.25, -0.2) is 8.42 Å². The molecule has 1 unspecified atom stereocenters. The molecule has 7 heteroatoms. The molecule has 0 aromatic heterocycles. The van der Waals surface area contributed by atoms with Crippen molar-refractivity contribution in [1.82, 2.24) is 5.32 Å². The first-order valence-electron chi connectivity index (χ1n) is 3.29. The molecule has 0 rings (SSSR count). The quantitative estimate of drug-likeness (QED) is 0.290. The van der Waals surface area contributed by atoms with Crippen LogP contribution in [0.4, 0.5) is 0 Å². The minimum Gasteiger partial charge on any atom is -0.746 e. The Hall–Kier alpha value is -0.283. The number of carbonyl (C=O) groups is 1. The van der Waals surface area contributed by atoms with E-state index in [1.165, 1.54) is 6.92 Å². The summed E-state index contributed by atoms with van der Waals surface area (Å²) < 4.78 is 31.2. The van der Waals surface area contributed by atoms with Crippen molar-refractivity contribution in [3.05, 3.63) is 12.7 Å². The zero-order valence-electron chi connectivity index (χ0n) is 7.61. The van der Waals surface area contributed by atoms with E-state index in [1.807, 2.05) is 5.32 Å². The van der Waals surface area contributed by atoms with Crippen molar-refractivity contribution in [2.24, 2.45) is 0 Å². The number of carbonyl (C=O) groups excluding carboxylic acids is 1. The van der Waals surface area contributed by atoms with Gasteiger partial charge in [-0.2, -0.15) is 0 Å². The van der Waals surface area contributed by atoms with Gasteiger partial charge in [0, 0.05) is 0 Å². The van der Waals surface area contributed by atoms with E-state index >= 15 is 0 Å². The number of nitrogens with one attached hydrogen (secondary N) is 1. The molecule has 0 bridgehead atoms. The van der Waals surface area contributed by atoms with E-state index in [-0.39, 0.29) is 25.3 Å². The summed E-state index contributed by atoms with van der Waals surface area (Å²) in [6.45, 7) is 4.61. The molecule has 0 saturated carbocycles. The van der Waals surface area contributed by atoms with Gasteiger partial charge in [-0.15, -0.1) is 0 Å². The summed E-state index contributed by atoms with van der Waals surface area (Å²) in [7, 11) is -4.45. The Morgan fingerprint density at radius 2 is 2.15 bits per heavy atom. The molecule has 1 N–H and O–H groups in total.